The molecule has 1 saturated carbocycles. The summed E-state index contributed by atoms with van der Waals surface area (Å²) in [5.74, 6) is 1.36. The highest BCUT2D eigenvalue weighted by atomic mass is 16.7. The first-order valence-corrected chi connectivity index (χ1v) is 12.2. The van der Waals surface area contributed by atoms with Crippen molar-refractivity contribution in [3.8, 4) is 11.5 Å². The van der Waals surface area contributed by atoms with Gasteiger partial charge >= 0.3 is 0 Å². The van der Waals surface area contributed by atoms with Crippen LogP contribution in [0.1, 0.15) is 62.7 Å². The number of benzene rings is 1. The van der Waals surface area contributed by atoms with Crippen LogP contribution in [0.5, 0.6) is 11.5 Å². The Bertz CT molecular complexity index is 873. The van der Waals surface area contributed by atoms with Crippen molar-refractivity contribution in [3.63, 3.8) is 0 Å². The van der Waals surface area contributed by atoms with Gasteiger partial charge in [-0.05, 0) is 55.7 Å². The van der Waals surface area contributed by atoms with Crippen LogP contribution in [0.3, 0.4) is 0 Å². The van der Waals surface area contributed by atoms with Crippen LogP contribution in [-0.4, -0.2) is 55.1 Å². The van der Waals surface area contributed by atoms with Crippen molar-refractivity contribution >= 4 is 17.7 Å². The third-order valence-electron chi connectivity index (χ3n) is 6.92. The molecular weight excluding hydrogens is 422 g/mol. The van der Waals surface area contributed by atoms with E-state index in [0.717, 1.165) is 25.7 Å². The summed E-state index contributed by atoms with van der Waals surface area (Å²) < 4.78 is 10.7. The fourth-order valence-electron chi connectivity index (χ4n) is 4.96. The van der Waals surface area contributed by atoms with Crippen molar-refractivity contribution in [2.75, 3.05) is 26.4 Å². The molecule has 0 bridgehead atoms. The minimum atomic E-state index is -0.648. The molecular formula is C25H35N3O5. The summed E-state index contributed by atoms with van der Waals surface area (Å²) >= 11 is 0. The van der Waals surface area contributed by atoms with E-state index < -0.39 is 6.04 Å². The molecule has 3 amide bonds. The predicted octanol–water partition coefficient (Wildman–Crippen LogP) is 2.71. The maximum atomic E-state index is 13.1. The van der Waals surface area contributed by atoms with Gasteiger partial charge in [0.1, 0.15) is 6.04 Å². The molecule has 1 saturated heterocycles. The first-order chi connectivity index (χ1) is 15.9. The number of nitrogens with zero attached hydrogens (tertiary/aromatic N) is 1. The molecule has 0 spiro atoms. The molecule has 180 valence electrons. The van der Waals surface area contributed by atoms with Crippen molar-refractivity contribution < 1.29 is 23.9 Å². The van der Waals surface area contributed by atoms with Gasteiger partial charge in [0.25, 0.3) is 5.91 Å². The molecule has 2 fully saturated rings. The van der Waals surface area contributed by atoms with E-state index in [1.807, 2.05) is 18.7 Å². The monoisotopic (exact) mass is 457 g/mol. The molecule has 33 heavy (non-hydrogen) atoms. The second kappa shape index (κ2) is 10.4. The SMILES string of the molecule is CC(C)CNC(=O)C(NC(=O)c1ccc2c(c1)OCO2)C1CCN(C(=O)C2CCCC2)CC1. The fourth-order valence-corrected chi connectivity index (χ4v) is 4.96. The Morgan fingerprint density at radius 1 is 1.03 bits per heavy atom. The van der Waals surface area contributed by atoms with E-state index in [9.17, 15) is 14.4 Å². The van der Waals surface area contributed by atoms with Crippen LogP contribution < -0.4 is 20.1 Å². The number of rotatable bonds is 7. The Balaban J connectivity index is 1.41. The third-order valence-corrected chi connectivity index (χ3v) is 6.92. The number of hydrogen-bond donors (Lipinski definition) is 2. The molecule has 8 heteroatoms. The van der Waals surface area contributed by atoms with E-state index in [1.54, 1.807) is 18.2 Å². The summed E-state index contributed by atoms with van der Waals surface area (Å²) in [4.78, 5) is 40.9. The zero-order valence-electron chi connectivity index (χ0n) is 19.6. The van der Waals surface area contributed by atoms with Crippen LogP contribution in [0.4, 0.5) is 0 Å². The van der Waals surface area contributed by atoms with Gasteiger partial charge in [-0.2, -0.15) is 0 Å². The summed E-state index contributed by atoms with van der Waals surface area (Å²) in [5, 5.41) is 5.94. The first kappa shape index (κ1) is 23.4. The lowest BCUT2D eigenvalue weighted by molar-refractivity contribution is -0.137. The number of amides is 3. The Morgan fingerprint density at radius 2 is 1.73 bits per heavy atom. The average Bonchev–Trinajstić information content (AvgIpc) is 3.52. The maximum absolute atomic E-state index is 13.1. The predicted molar refractivity (Wildman–Crippen MR) is 123 cm³/mol. The van der Waals surface area contributed by atoms with Crippen molar-refractivity contribution in [1.82, 2.24) is 15.5 Å². The lowest BCUT2D eigenvalue weighted by Gasteiger charge is -2.37. The van der Waals surface area contributed by atoms with Crippen LogP contribution in [0, 0.1) is 17.8 Å². The van der Waals surface area contributed by atoms with Crippen molar-refractivity contribution in [2.24, 2.45) is 17.8 Å². The standard InChI is InChI=1S/C25H35N3O5/c1-16(2)14-26-24(30)22(27-23(29)19-7-8-20-21(13-19)33-15-32-20)17-9-11-28(12-10-17)25(31)18-5-3-4-6-18/h7-8,13,16-18,22H,3-6,9-12,14-15H2,1-2H3,(H,26,30)(H,27,29). The molecule has 2 heterocycles. The minimum absolute atomic E-state index is 0.0252. The van der Waals surface area contributed by atoms with Crippen LogP contribution >= 0.6 is 0 Å². The highest BCUT2D eigenvalue weighted by molar-refractivity contribution is 5.98. The topological polar surface area (TPSA) is 97.0 Å². The summed E-state index contributed by atoms with van der Waals surface area (Å²) in [6.45, 7) is 6.02. The number of nitrogens with one attached hydrogen (secondary N) is 2. The van der Waals surface area contributed by atoms with Crippen molar-refractivity contribution in [1.29, 1.82) is 0 Å². The lowest BCUT2D eigenvalue weighted by atomic mass is 9.87. The molecule has 1 aromatic carbocycles. The summed E-state index contributed by atoms with van der Waals surface area (Å²) in [7, 11) is 0. The number of carbonyl (C=O) groups is 3. The van der Waals surface area contributed by atoms with Gasteiger partial charge in [-0.1, -0.05) is 26.7 Å². The van der Waals surface area contributed by atoms with E-state index in [2.05, 4.69) is 10.6 Å². The number of likely N-dealkylation sites (tertiary alicyclic amines) is 1. The molecule has 1 unspecified atom stereocenters. The van der Waals surface area contributed by atoms with Gasteiger partial charge in [0.15, 0.2) is 11.5 Å². The summed E-state index contributed by atoms with van der Waals surface area (Å²) in [6, 6.07) is 4.38. The molecule has 1 aromatic rings. The van der Waals surface area contributed by atoms with Gasteiger partial charge in [0, 0.05) is 31.1 Å². The molecule has 8 nitrogen and oxygen atoms in total. The van der Waals surface area contributed by atoms with Gasteiger partial charge < -0.3 is 25.0 Å². The van der Waals surface area contributed by atoms with Gasteiger partial charge in [-0.15, -0.1) is 0 Å². The second-order valence-electron chi connectivity index (χ2n) is 9.80. The van der Waals surface area contributed by atoms with Gasteiger partial charge in [0.2, 0.25) is 18.6 Å². The largest absolute Gasteiger partial charge is 0.454 e. The van der Waals surface area contributed by atoms with Crippen molar-refractivity contribution in [2.45, 2.75) is 58.4 Å². The minimum Gasteiger partial charge on any atom is -0.454 e. The summed E-state index contributed by atoms with van der Waals surface area (Å²) in [6.07, 6.45) is 5.64. The molecule has 3 aliphatic rings. The average molecular weight is 458 g/mol. The number of piperidine rings is 1. The number of hydrogen-bond acceptors (Lipinski definition) is 5. The van der Waals surface area contributed by atoms with Crippen LogP contribution in [0.25, 0.3) is 0 Å². The van der Waals surface area contributed by atoms with E-state index in [4.69, 9.17) is 9.47 Å². The quantitative estimate of drug-likeness (QED) is 0.656. The molecule has 0 radical (unpaired) electrons. The molecule has 1 aliphatic carbocycles. The molecule has 1 atom stereocenters. The second-order valence-corrected chi connectivity index (χ2v) is 9.80. The zero-order chi connectivity index (χ0) is 23.4. The van der Waals surface area contributed by atoms with Gasteiger partial charge in [-0.3, -0.25) is 14.4 Å². The molecule has 2 N–H and O–H groups in total. The smallest absolute Gasteiger partial charge is 0.252 e. The number of carbonyl (C=O) groups excluding carboxylic acids is 3. The number of ether oxygens (including phenoxy) is 2. The van der Waals surface area contributed by atoms with Crippen LogP contribution in [-0.2, 0) is 9.59 Å². The fraction of sp³-hybridized carbons (Fsp3) is 0.640. The Labute approximate surface area is 195 Å². The Hall–Kier alpha value is -2.77. The van der Waals surface area contributed by atoms with E-state index >= 15 is 0 Å². The Morgan fingerprint density at radius 3 is 2.42 bits per heavy atom. The van der Waals surface area contributed by atoms with Crippen LogP contribution in [0.15, 0.2) is 18.2 Å². The van der Waals surface area contributed by atoms with Crippen LogP contribution in [0.2, 0.25) is 0 Å². The first-order valence-electron chi connectivity index (χ1n) is 12.2. The normalized spacial score (nSPS) is 19.5. The highest BCUT2D eigenvalue weighted by Crippen LogP contribution is 2.33. The molecule has 4 rings (SSSR count). The van der Waals surface area contributed by atoms with E-state index in [-0.39, 0.29) is 36.4 Å². The highest BCUT2D eigenvalue weighted by Gasteiger charge is 2.36. The molecule has 0 aromatic heterocycles. The number of fused-ring (bicyclic) bond motifs is 1. The Kier molecular flexibility index (Phi) is 7.40. The molecule has 2 aliphatic heterocycles. The van der Waals surface area contributed by atoms with E-state index in [0.29, 0.717) is 55.5 Å². The van der Waals surface area contributed by atoms with Gasteiger partial charge in [0.05, 0.1) is 0 Å². The zero-order valence-corrected chi connectivity index (χ0v) is 19.6. The lowest BCUT2D eigenvalue weighted by Crippen LogP contribution is -2.54. The van der Waals surface area contributed by atoms with Gasteiger partial charge in [-0.25, -0.2) is 0 Å². The third kappa shape index (κ3) is 5.60. The van der Waals surface area contributed by atoms with E-state index in [1.165, 1.54) is 0 Å². The maximum Gasteiger partial charge on any atom is 0.252 e. The van der Waals surface area contributed by atoms with Crippen molar-refractivity contribution in [3.05, 3.63) is 23.8 Å². The summed E-state index contributed by atoms with van der Waals surface area (Å²) in [5.41, 5.74) is 0.426.